The smallest absolute Gasteiger partial charge is 0.215 e. The minimum Gasteiger partial charge on any atom is -0.366 e. The summed E-state index contributed by atoms with van der Waals surface area (Å²) in [5.74, 6) is 1.39. The van der Waals surface area contributed by atoms with Crippen molar-refractivity contribution in [2.75, 3.05) is 19.8 Å². The van der Waals surface area contributed by atoms with Gasteiger partial charge in [-0.2, -0.15) is 0 Å². The standard InChI is InChI=1S/C17H16Cl2N2O3.ClH/c1-2-7-22-9-14-10-23-17(24-14,11-21-6-5-20-12-21)15-4-3-13(18)8-16(15)19;/h1,3-6,8,12,14H,7,9-11H2;1H/t14-,17-;/m1./s1. The van der Waals surface area contributed by atoms with Crippen molar-refractivity contribution in [3.8, 4) is 12.3 Å². The lowest BCUT2D eigenvalue weighted by Gasteiger charge is -2.29. The highest BCUT2D eigenvalue weighted by molar-refractivity contribution is 6.35. The van der Waals surface area contributed by atoms with Crippen molar-refractivity contribution < 1.29 is 14.2 Å². The fourth-order valence-electron chi connectivity index (χ4n) is 2.62. The van der Waals surface area contributed by atoms with Crippen LogP contribution in [-0.2, 0) is 26.5 Å². The SMILES string of the molecule is C#CCOC[C@@H]1CO[C@@](Cn2ccnc2)(c2ccc(Cl)cc2Cl)O1.Cl. The number of nitrogens with zero attached hydrogens (tertiary/aromatic N) is 2. The number of halogens is 3. The van der Waals surface area contributed by atoms with Crippen LogP contribution in [0.4, 0.5) is 0 Å². The van der Waals surface area contributed by atoms with Crippen molar-refractivity contribution in [1.82, 2.24) is 9.55 Å². The number of hydrogen-bond acceptors (Lipinski definition) is 4. The first-order valence-corrected chi connectivity index (χ1v) is 8.13. The van der Waals surface area contributed by atoms with Gasteiger partial charge >= 0.3 is 0 Å². The molecular formula is C17H17Cl3N2O3. The van der Waals surface area contributed by atoms with E-state index in [2.05, 4.69) is 10.9 Å². The highest BCUT2D eigenvalue weighted by atomic mass is 35.5. The predicted octanol–water partition coefficient (Wildman–Crippen LogP) is 3.53. The van der Waals surface area contributed by atoms with Crippen molar-refractivity contribution in [3.63, 3.8) is 0 Å². The average Bonchev–Trinajstić information content (AvgIpc) is 3.19. The summed E-state index contributed by atoms with van der Waals surface area (Å²) >= 11 is 12.4. The largest absolute Gasteiger partial charge is 0.366 e. The maximum atomic E-state index is 6.39. The van der Waals surface area contributed by atoms with E-state index in [4.69, 9.17) is 43.8 Å². The van der Waals surface area contributed by atoms with Crippen LogP contribution < -0.4 is 0 Å². The Bertz CT molecular complexity index is 733. The molecule has 0 N–H and O–H groups in total. The number of imidazole rings is 1. The molecule has 5 nitrogen and oxygen atoms in total. The first kappa shape index (κ1) is 20.1. The second kappa shape index (κ2) is 8.91. The quantitative estimate of drug-likeness (QED) is 0.547. The van der Waals surface area contributed by atoms with Crippen molar-refractivity contribution in [2.24, 2.45) is 0 Å². The second-order valence-electron chi connectivity index (χ2n) is 5.38. The number of ether oxygens (including phenoxy) is 3. The van der Waals surface area contributed by atoms with Crippen LogP contribution in [0.2, 0.25) is 10.0 Å². The summed E-state index contributed by atoms with van der Waals surface area (Å²) in [6.45, 7) is 1.36. The Morgan fingerprint density at radius 2 is 2.28 bits per heavy atom. The Balaban J connectivity index is 0.00000225. The number of benzene rings is 1. The van der Waals surface area contributed by atoms with Crippen molar-refractivity contribution in [3.05, 3.63) is 52.5 Å². The monoisotopic (exact) mass is 402 g/mol. The van der Waals surface area contributed by atoms with Crippen LogP contribution in [0.15, 0.2) is 36.9 Å². The van der Waals surface area contributed by atoms with Crippen molar-refractivity contribution >= 4 is 35.6 Å². The highest BCUT2D eigenvalue weighted by Crippen LogP contribution is 2.40. The first-order chi connectivity index (χ1) is 11.6. The van der Waals surface area contributed by atoms with Crippen LogP contribution in [0.1, 0.15) is 5.56 Å². The summed E-state index contributed by atoms with van der Waals surface area (Å²) in [6, 6.07) is 5.24. The summed E-state index contributed by atoms with van der Waals surface area (Å²) in [4.78, 5) is 4.06. The minimum absolute atomic E-state index is 0. The Morgan fingerprint density at radius 1 is 1.44 bits per heavy atom. The van der Waals surface area contributed by atoms with Gasteiger partial charge in [0.05, 0.1) is 31.1 Å². The van der Waals surface area contributed by atoms with Crippen LogP contribution in [0.3, 0.4) is 0 Å². The molecule has 1 aromatic heterocycles. The van der Waals surface area contributed by atoms with E-state index in [1.165, 1.54) is 0 Å². The van der Waals surface area contributed by atoms with Gasteiger partial charge in [-0.25, -0.2) is 4.98 Å². The molecule has 2 atom stereocenters. The molecule has 1 saturated heterocycles. The van der Waals surface area contributed by atoms with E-state index >= 15 is 0 Å². The zero-order chi connectivity index (χ0) is 17.0. The molecule has 0 bridgehead atoms. The van der Waals surface area contributed by atoms with Gasteiger partial charge in [-0.1, -0.05) is 35.2 Å². The molecule has 8 heteroatoms. The molecule has 1 aromatic carbocycles. The third kappa shape index (κ3) is 4.68. The van der Waals surface area contributed by atoms with Gasteiger partial charge in [0.15, 0.2) is 0 Å². The van der Waals surface area contributed by atoms with Crippen LogP contribution in [0, 0.1) is 12.3 Å². The van der Waals surface area contributed by atoms with Gasteiger partial charge in [-0.3, -0.25) is 0 Å². The van der Waals surface area contributed by atoms with E-state index in [1.54, 1.807) is 24.7 Å². The number of terminal acetylenes is 1. The molecule has 134 valence electrons. The minimum atomic E-state index is -1.04. The molecule has 0 radical (unpaired) electrons. The number of hydrogen-bond donors (Lipinski definition) is 0. The van der Waals surface area contributed by atoms with E-state index in [1.807, 2.05) is 16.8 Å². The lowest BCUT2D eigenvalue weighted by atomic mass is 10.1. The molecule has 1 aliphatic heterocycles. The molecule has 0 spiro atoms. The van der Waals surface area contributed by atoms with Gasteiger partial charge in [0.25, 0.3) is 0 Å². The molecule has 2 aromatic rings. The molecule has 3 rings (SSSR count). The maximum Gasteiger partial charge on any atom is 0.215 e. The van der Waals surface area contributed by atoms with E-state index < -0.39 is 5.79 Å². The van der Waals surface area contributed by atoms with E-state index in [-0.39, 0.29) is 25.1 Å². The van der Waals surface area contributed by atoms with E-state index in [0.717, 1.165) is 0 Å². The topological polar surface area (TPSA) is 45.5 Å². The first-order valence-electron chi connectivity index (χ1n) is 7.37. The van der Waals surface area contributed by atoms with Gasteiger partial charge in [0, 0.05) is 23.0 Å². The number of rotatable bonds is 6. The van der Waals surface area contributed by atoms with Gasteiger partial charge in [-0.15, -0.1) is 18.8 Å². The Kier molecular flexibility index (Phi) is 7.14. The lowest BCUT2D eigenvalue weighted by Crippen LogP contribution is -2.34. The molecular weight excluding hydrogens is 387 g/mol. The van der Waals surface area contributed by atoms with Crippen LogP contribution in [0.5, 0.6) is 0 Å². The predicted molar refractivity (Wildman–Crippen MR) is 98.1 cm³/mol. The Hall–Kier alpha value is -1.26. The normalized spacial score (nSPS) is 22.4. The fraction of sp³-hybridized carbons (Fsp3) is 0.353. The second-order valence-corrected chi connectivity index (χ2v) is 6.23. The number of aromatic nitrogens is 2. The third-order valence-electron chi connectivity index (χ3n) is 3.64. The molecule has 2 heterocycles. The van der Waals surface area contributed by atoms with Crippen molar-refractivity contribution in [2.45, 2.75) is 18.4 Å². The summed E-state index contributed by atoms with van der Waals surface area (Å²) in [5.41, 5.74) is 0.710. The fourth-order valence-corrected chi connectivity index (χ4v) is 3.18. The average molecular weight is 404 g/mol. The molecule has 0 amide bonds. The zero-order valence-electron chi connectivity index (χ0n) is 13.2. The molecule has 0 aliphatic carbocycles. The van der Waals surface area contributed by atoms with E-state index in [0.29, 0.717) is 35.4 Å². The summed E-state index contributed by atoms with van der Waals surface area (Å²) in [7, 11) is 0. The van der Waals surface area contributed by atoms with Crippen LogP contribution in [-0.4, -0.2) is 35.5 Å². The Morgan fingerprint density at radius 3 is 2.96 bits per heavy atom. The molecule has 25 heavy (non-hydrogen) atoms. The molecule has 0 saturated carbocycles. The lowest BCUT2D eigenvalue weighted by molar-refractivity contribution is -0.191. The van der Waals surface area contributed by atoms with Gasteiger partial charge in [0.2, 0.25) is 5.79 Å². The Labute approximate surface area is 162 Å². The molecule has 0 unspecified atom stereocenters. The van der Waals surface area contributed by atoms with Crippen LogP contribution in [0.25, 0.3) is 0 Å². The molecule has 1 aliphatic rings. The zero-order valence-corrected chi connectivity index (χ0v) is 15.6. The summed E-state index contributed by atoms with van der Waals surface area (Å²) in [5, 5.41) is 1.03. The van der Waals surface area contributed by atoms with Crippen molar-refractivity contribution in [1.29, 1.82) is 0 Å². The third-order valence-corrected chi connectivity index (χ3v) is 4.19. The highest BCUT2D eigenvalue weighted by Gasteiger charge is 2.45. The van der Waals surface area contributed by atoms with Gasteiger partial charge in [-0.05, 0) is 12.1 Å². The molecule has 1 fully saturated rings. The van der Waals surface area contributed by atoms with E-state index in [9.17, 15) is 0 Å². The summed E-state index contributed by atoms with van der Waals surface area (Å²) < 4.78 is 19.5. The van der Waals surface area contributed by atoms with Gasteiger partial charge < -0.3 is 18.8 Å². The van der Waals surface area contributed by atoms with Crippen LogP contribution >= 0.6 is 35.6 Å². The maximum absolute atomic E-state index is 6.39. The van der Waals surface area contributed by atoms with Gasteiger partial charge in [0.1, 0.15) is 12.7 Å². The summed E-state index contributed by atoms with van der Waals surface area (Å²) in [6.07, 6.45) is 10.2.